The van der Waals surface area contributed by atoms with E-state index < -0.39 is 0 Å². The third-order valence-corrected chi connectivity index (χ3v) is 4.48. The summed E-state index contributed by atoms with van der Waals surface area (Å²) < 4.78 is 0. The fourth-order valence-electron chi connectivity index (χ4n) is 3.96. The van der Waals surface area contributed by atoms with Gasteiger partial charge in [0.25, 0.3) is 0 Å². The van der Waals surface area contributed by atoms with Crippen molar-refractivity contribution < 1.29 is 0 Å². The minimum absolute atomic E-state index is 0.748. The van der Waals surface area contributed by atoms with Gasteiger partial charge in [0.15, 0.2) is 0 Å². The van der Waals surface area contributed by atoms with Crippen molar-refractivity contribution in [1.82, 2.24) is 0 Å². The maximum Gasteiger partial charge on any atom is -0.0269 e. The fraction of sp³-hybridized carbons (Fsp3) is 1.00. The molecule has 0 heteroatoms. The summed E-state index contributed by atoms with van der Waals surface area (Å²) in [5.41, 5.74) is 0.748. The molecule has 1 rings (SSSR count). The van der Waals surface area contributed by atoms with Gasteiger partial charge in [-0.1, -0.05) is 59.3 Å². The van der Waals surface area contributed by atoms with E-state index in [1.54, 1.807) is 0 Å². The topological polar surface area (TPSA) is 0 Å². The highest BCUT2D eigenvalue weighted by molar-refractivity contribution is 4.89. The fourth-order valence-corrected chi connectivity index (χ4v) is 3.96. The Bertz CT molecular complexity index is 146. The largest absolute Gasteiger partial charge is 0.0654 e. The van der Waals surface area contributed by atoms with Crippen molar-refractivity contribution in [2.24, 2.45) is 11.3 Å². The van der Waals surface area contributed by atoms with Gasteiger partial charge in [0, 0.05) is 0 Å². The predicted molar refractivity (Wildman–Crippen MR) is 69.1 cm³/mol. The SMILES string of the molecule is CCCC1CCCCC1(CCC)CCC. The van der Waals surface area contributed by atoms with Crippen LogP contribution in [-0.2, 0) is 0 Å². The summed E-state index contributed by atoms with van der Waals surface area (Å²) in [7, 11) is 0. The van der Waals surface area contributed by atoms with E-state index in [2.05, 4.69) is 20.8 Å². The third kappa shape index (κ3) is 3.23. The summed E-state index contributed by atoms with van der Waals surface area (Å²) >= 11 is 0. The first-order valence-corrected chi connectivity index (χ1v) is 7.29. The van der Waals surface area contributed by atoms with Crippen LogP contribution in [-0.4, -0.2) is 0 Å². The molecule has 15 heavy (non-hydrogen) atoms. The molecule has 0 aromatic heterocycles. The van der Waals surface area contributed by atoms with Crippen LogP contribution in [0.4, 0.5) is 0 Å². The highest BCUT2D eigenvalue weighted by Crippen LogP contribution is 2.49. The molecule has 0 saturated heterocycles. The number of rotatable bonds is 6. The molecule has 0 N–H and O–H groups in total. The summed E-state index contributed by atoms with van der Waals surface area (Å²) in [5, 5.41) is 0. The molecule has 1 fully saturated rings. The highest BCUT2D eigenvalue weighted by atomic mass is 14.4. The highest BCUT2D eigenvalue weighted by Gasteiger charge is 2.37. The van der Waals surface area contributed by atoms with Crippen LogP contribution < -0.4 is 0 Å². The molecule has 0 aromatic rings. The number of hydrogen-bond donors (Lipinski definition) is 0. The standard InChI is InChI=1S/C15H30/c1-4-9-14-10-7-8-13-15(14,11-5-2)12-6-3/h14H,4-13H2,1-3H3. The molecule has 0 aliphatic heterocycles. The average Bonchev–Trinajstić information content (AvgIpc) is 2.23. The van der Waals surface area contributed by atoms with Gasteiger partial charge in [0.2, 0.25) is 0 Å². The van der Waals surface area contributed by atoms with Crippen molar-refractivity contribution in [3.63, 3.8) is 0 Å². The molecule has 0 nitrogen and oxygen atoms in total. The van der Waals surface area contributed by atoms with Crippen LogP contribution >= 0.6 is 0 Å². The first kappa shape index (κ1) is 13.1. The summed E-state index contributed by atoms with van der Waals surface area (Å²) in [6, 6.07) is 0. The molecule has 90 valence electrons. The van der Waals surface area contributed by atoms with Gasteiger partial charge in [0.05, 0.1) is 0 Å². The van der Waals surface area contributed by atoms with E-state index in [0.29, 0.717) is 0 Å². The Morgan fingerprint density at radius 1 is 0.933 bits per heavy atom. The Labute approximate surface area is 96.8 Å². The van der Waals surface area contributed by atoms with Crippen LogP contribution in [0, 0.1) is 11.3 Å². The Hall–Kier alpha value is 0. The van der Waals surface area contributed by atoms with Crippen LogP contribution in [0.3, 0.4) is 0 Å². The second-order valence-corrected chi connectivity index (χ2v) is 5.59. The Morgan fingerprint density at radius 3 is 2.13 bits per heavy atom. The minimum Gasteiger partial charge on any atom is -0.0654 e. The van der Waals surface area contributed by atoms with Crippen LogP contribution in [0.15, 0.2) is 0 Å². The van der Waals surface area contributed by atoms with Crippen molar-refractivity contribution in [3.8, 4) is 0 Å². The second-order valence-electron chi connectivity index (χ2n) is 5.59. The van der Waals surface area contributed by atoms with Crippen LogP contribution in [0.5, 0.6) is 0 Å². The third-order valence-electron chi connectivity index (χ3n) is 4.48. The normalized spacial score (nSPS) is 25.4. The van der Waals surface area contributed by atoms with Gasteiger partial charge < -0.3 is 0 Å². The molecule has 0 heterocycles. The van der Waals surface area contributed by atoms with E-state index in [0.717, 1.165) is 11.3 Å². The van der Waals surface area contributed by atoms with E-state index in [4.69, 9.17) is 0 Å². The van der Waals surface area contributed by atoms with Gasteiger partial charge in [0.1, 0.15) is 0 Å². The molecule has 0 radical (unpaired) electrons. The smallest absolute Gasteiger partial charge is 0.0269 e. The minimum atomic E-state index is 0.748. The zero-order valence-electron chi connectivity index (χ0n) is 11.1. The quantitative estimate of drug-likeness (QED) is 0.538. The lowest BCUT2D eigenvalue weighted by Gasteiger charge is -2.45. The number of hydrogen-bond acceptors (Lipinski definition) is 0. The van der Waals surface area contributed by atoms with Gasteiger partial charge >= 0.3 is 0 Å². The van der Waals surface area contributed by atoms with Gasteiger partial charge in [-0.3, -0.25) is 0 Å². The summed E-state index contributed by atoms with van der Waals surface area (Å²) in [5.74, 6) is 1.05. The summed E-state index contributed by atoms with van der Waals surface area (Å²) in [6.45, 7) is 7.10. The van der Waals surface area contributed by atoms with Gasteiger partial charge in [-0.25, -0.2) is 0 Å². The Balaban J connectivity index is 2.68. The molecule has 1 unspecified atom stereocenters. The van der Waals surface area contributed by atoms with Crippen molar-refractivity contribution in [1.29, 1.82) is 0 Å². The molecule has 0 aromatic carbocycles. The zero-order chi connectivity index (χ0) is 11.1. The Kier molecular flexibility index (Phi) is 5.71. The first-order chi connectivity index (χ1) is 7.29. The van der Waals surface area contributed by atoms with E-state index in [9.17, 15) is 0 Å². The van der Waals surface area contributed by atoms with E-state index in [1.807, 2.05) is 0 Å². The lowest BCUT2D eigenvalue weighted by Crippen LogP contribution is -2.33. The second kappa shape index (κ2) is 6.55. The van der Waals surface area contributed by atoms with Crippen LogP contribution in [0.1, 0.15) is 85.0 Å². The van der Waals surface area contributed by atoms with Crippen molar-refractivity contribution in [3.05, 3.63) is 0 Å². The van der Waals surface area contributed by atoms with Crippen molar-refractivity contribution in [2.45, 2.75) is 85.0 Å². The van der Waals surface area contributed by atoms with Crippen molar-refractivity contribution in [2.75, 3.05) is 0 Å². The zero-order valence-corrected chi connectivity index (χ0v) is 11.1. The molecule has 0 bridgehead atoms. The monoisotopic (exact) mass is 210 g/mol. The molecule has 1 aliphatic rings. The average molecular weight is 210 g/mol. The molecule has 1 atom stereocenters. The summed E-state index contributed by atoms with van der Waals surface area (Å²) in [4.78, 5) is 0. The molecule has 1 saturated carbocycles. The van der Waals surface area contributed by atoms with Gasteiger partial charge in [-0.15, -0.1) is 0 Å². The molecule has 0 amide bonds. The van der Waals surface area contributed by atoms with Crippen LogP contribution in [0.2, 0.25) is 0 Å². The first-order valence-electron chi connectivity index (χ1n) is 7.29. The van der Waals surface area contributed by atoms with Crippen LogP contribution in [0.25, 0.3) is 0 Å². The summed E-state index contributed by atoms with van der Waals surface area (Å²) in [6.07, 6.45) is 14.7. The molecular weight excluding hydrogens is 180 g/mol. The molecule has 1 aliphatic carbocycles. The van der Waals surface area contributed by atoms with E-state index in [1.165, 1.54) is 64.2 Å². The maximum atomic E-state index is 2.37. The Morgan fingerprint density at radius 2 is 1.60 bits per heavy atom. The van der Waals surface area contributed by atoms with Crippen molar-refractivity contribution >= 4 is 0 Å². The molecule has 0 spiro atoms. The lowest BCUT2D eigenvalue weighted by molar-refractivity contribution is 0.0625. The van der Waals surface area contributed by atoms with E-state index >= 15 is 0 Å². The van der Waals surface area contributed by atoms with Gasteiger partial charge in [-0.05, 0) is 37.0 Å². The van der Waals surface area contributed by atoms with Gasteiger partial charge in [-0.2, -0.15) is 0 Å². The predicted octanol–water partition coefficient (Wildman–Crippen LogP) is 5.56. The molecular formula is C15H30. The maximum absolute atomic E-state index is 2.37. The van der Waals surface area contributed by atoms with E-state index in [-0.39, 0.29) is 0 Å². The lowest BCUT2D eigenvalue weighted by atomic mass is 9.60.